The number of likely N-dealkylation sites (tertiary alicyclic amines) is 3. The number of allylic oxidation sites excluding steroid dienone is 2. The average molecular weight is 1190 g/mol. The molecule has 4 amide bonds. The Morgan fingerprint density at radius 3 is 2.29 bits per heavy atom. The second-order valence-electron chi connectivity index (χ2n) is 24.1. The number of imide groups is 1. The van der Waals surface area contributed by atoms with Gasteiger partial charge in [0, 0.05) is 110 Å². The second kappa shape index (κ2) is 27.5. The highest BCUT2D eigenvalue weighted by Crippen LogP contribution is 2.39. The van der Waals surface area contributed by atoms with Gasteiger partial charge >= 0.3 is 11.8 Å². The number of rotatable bonds is 11. The van der Waals surface area contributed by atoms with Gasteiger partial charge in [0.25, 0.3) is 0 Å². The molecule has 0 saturated carbocycles. The van der Waals surface area contributed by atoms with Gasteiger partial charge in [0.05, 0.1) is 53.1 Å². The molecule has 20 nitrogen and oxygen atoms in total. The largest absolute Gasteiger partial charge is 0.444 e. The molecule has 0 spiro atoms. The molecule has 460 valence electrons. The summed E-state index contributed by atoms with van der Waals surface area (Å²) in [6, 6.07) is 14.8. The van der Waals surface area contributed by atoms with Crippen molar-refractivity contribution >= 4 is 70.5 Å². The molecular weight excluding hydrogens is 1100 g/mol. The number of hydrogen-bond acceptors (Lipinski definition) is 15. The molecule has 2 N–H and O–H groups in total. The maximum absolute atomic E-state index is 16.2. The number of imidazole rings is 1. The third-order valence-corrected chi connectivity index (χ3v) is 17.5. The van der Waals surface area contributed by atoms with E-state index in [1.807, 2.05) is 55.9 Å². The maximum atomic E-state index is 16.2. The number of amides is 4. The Hall–Kier alpha value is -7.42. The topological polar surface area (TPSA) is 208 Å². The van der Waals surface area contributed by atoms with Crippen LogP contribution in [0.3, 0.4) is 0 Å². The maximum Gasteiger partial charge on any atom is 0.410 e. The summed E-state index contributed by atoms with van der Waals surface area (Å²) in [4.78, 5) is 84.0. The van der Waals surface area contributed by atoms with E-state index < -0.39 is 29.2 Å². The summed E-state index contributed by atoms with van der Waals surface area (Å²) >= 11 is 0. The first-order valence-corrected chi connectivity index (χ1v) is 29.8. The summed E-state index contributed by atoms with van der Waals surface area (Å²) in [5, 5.41) is 10.4. The van der Waals surface area contributed by atoms with Gasteiger partial charge in [-0.25, -0.2) is 23.4 Å². The van der Waals surface area contributed by atoms with Crippen molar-refractivity contribution in [2.75, 3.05) is 73.7 Å². The highest BCUT2D eigenvalue weighted by Gasteiger charge is 2.46. The zero-order valence-corrected chi connectivity index (χ0v) is 50.5. The number of methoxy groups -OCH3 is 1. The van der Waals surface area contributed by atoms with Crippen LogP contribution in [0.2, 0.25) is 0 Å². The van der Waals surface area contributed by atoms with Gasteiger partial charge < -0.3 is 29.1 Å². The van der Waals surface area contributed by atoms with Crippen LogP contribution in [0.1, 0.15) is 108 Å². The molecular formula is C64H81F2N11O9. The molecule has 0 aliphatic carbocycles. The Morgan fingerprint density at radius 1 is 0.919 bits per heavy atom. The number of aliphatic imine (C=N–C) groups is 3. The number of ether oxygens (including phenoxy) is 3. The van der Waals surface area contributed by atoms with Crippen LogP contribution in [0.4, 0.5) is 13.6 Å². The molecule has 7 fully saturated rings. The number of nitrogens with one attached hydrogen (secondary N) is 1. The molecule has 7 saturated heterocycles. The predicted molar refractivity (Wildman–Crippen MR) is 327 cm³/mol. The molecule has 4 aromatic rings. The molecule has 86 heavy (non-hydrogen) atoms. The van der Waals surface area contributed by atoms with E-state index in [1.165, 1.54) is 56.1 Å². The summed E-state index contributed by atoms with van der Waals surface area (Å²) in [5.41, 5.74) is 2.60. The molecule has 22 heteroatoms. The minimum atomic E-state index is -0.670. The minimum absolute atomic E-state index is 0.00952. The van der Waals surface area contributed by atoms with Crippen LogP contribution in [-0.2, 0) is 42.2 Å². The molecule has 0 radical (unpaired) electrons. The summed E-state index contributed by atoms with van der Waals surface area (Å²) in [6.45, 7) is 16.6. The van der Waals surface area contributed by atoms with Crippen molar-refractivity contribution in [1.29, 1.82) is 0 Å². The summed E-state index contributed by atoms with van der Waals surface area (Å²) in [5.74, 6) is 0.882. The lowest BCUT2D eigenvalue weighted by Crippen LogP contribution is -2.56. The van der Waals surface area contributed by atoms with Gasteiger partial charge in [0.2, 0.25) is 18.2 Å². The lowest BCUT2D eigenvalue weighted by atomic mass is 9.94. The first-order valence-electron chi connectivity index (χ1n) is 29.8. The number of hydrogen-bond donors (Lipinski definition) is 2. The van der Waals surface area contributed by atoms with Crippen LogP contribution >= 0.6 is 0 Å². The summed E-state index contributed by atoms with van der Waals surface area (Å²) in [6.07, 6.45) is 17.8. The van der Waals surface area contributed by atoms with E-state index in [0.717, 1.165) is 102 Å². The van der Waals surface area contributed by atoms with Gasteiger partial charge in [0.1, 0.15) is 34.7 Å². The van der Waals surface area contributed by atoms with Crippen molar-refractivity contribution < 1.29 is 47.3 Å². The molecule has 3 aromatic carbocycles. The van der Waals surface area contributed by atoms with Crippen LogP contribution in [0.15, 0.2) is 85.5 Å². The van der Waals surface area contributed by atoms with Crippen LogP contribution in [0.25, 0.3) is 27.5 Å². The fourth-order valence-corrected chi connectivity index (χ4v) is 13.5. The Kier molecular flexibility index (Phi) is 20.2. The van der Waals surface area contributed by atoms with Gasteiger partial charge in [-0.05, 0) is 121 Å². The molecule has 5 unspecified atom stereocenters. The highest BCUT2D eigenvalue weighted by molar-refractivity contribution is 6.29. The third kappa shape index (κ3) is 13.4. The van der Waals surface area contributed by atoms with Crippen molar-refractivity contribution in [3.8, 4) is 12.3 Å². The van der Waals surface area contributed by atoms with E-state index in [9.17, 15) is 28.4 Å². The van der Waals surface area contributed by atoms with Gasteiger partial charge in [-0.3, -0.25) is 53.5 Å². The minimum Gasteiger partial charge on any atom is -0.444 e. The number of fused-ring (bicyclic) bond motifs is 5. The Bertz CT molecular complexity index is 3420. The van der Waals surface area contributed by atoms with E-state index in [4.69, 9.17) is 25.7 Å². The molecule has 1 aromatic heterocycles. The number of aliphatic hydroxyl groups excluding tert-OH is 1. The smallest absolute Gasteiger partial charge is 0.410 e. The number of carbonyl (C=O) groups is 4. The molecule has 8 aliphatic heterocycles. The van der Waals surface area contributed by atoms with Gasteiger partial charge in [-0.15, -0.1) is 6.42 Å². The lowest BCUT2D eigenvalue weighted by Gasteiger charge is -2.42. The van der Waals surface area contributed by atoms with E-state index in [0.29, 0.717) is 52.8 Å². The number of aryl methyl sites for hydroxylation is 1. The van der Waals surface area contributed by atoms with Crippen molar-refractivity contribution in [2.24, 2.45) is 22.0 Å². The number of aromatic nitrogens is 2. The number of carbonyl (C=O) groups excluding carboxylic acids is 4. The monoisotopic (exact) mass is 1190 g/mol. The number of nitrogens with zero attached hydrogens (tertiary/aromatic N) is 10. The fourth-order valence-electron chi connectivity index (χ4n) is 13.5. The van der Waals surface area contributed by atoms with Crippen LogP contribution in [0, 0.1) is 18.2 Å². The molecule has 12 rings (SSSR count). The lowest BCUT2D eigenvalue weighted by molar-refractivity contribution is -0.135. The molecule has 8 aliphatic rings. The fraction of sp³-hybridized carbons (Fsp3) is 0.531. The number of benzene rings is 3. The zero-order chi connectivity index (χ0) is 61.6. The van der Waals surface area contributed by atoms with Gasteiger partial charge in [-0.1, -0.05) is 36.3 Å². The number of halogens is 2. The number of aliphatic hydroxyl groups is 1. The van der Waals surface area contributed by atoms with Gasteiger partial charge in [-0.2, -0.15) is 0 Å². The second-order valence-corrected chi connectivity index (χ2v) is 24.1. The normalized spacial score (nSPS) is 24.5. The first kappa shape index (κ1) is 63.1. The quantitative estimate of drug-likeness (QED) is 0.0692. The Labute approximate surface area is 501 Å². The predicted octanol–water partition coefficient (Wildman–Crippen LogP) is 6.76. The molecule has 9 heterocycles. The van der Waals surface area contributed by atoms with Crippen LogP contribution in [-0.4, -0.2) is 197 Å². The van der Waals surface area contributed by atoms with Crippen LogP contribution in [0.5, 0.6) is 0 Å². The summed E-state index contributed by atoms with van der Waals surface area (Å²) in [7, 11) is 6.01. The SMILES string of the molecule is C#Cc1c(F)ccc2cccc(C3=C(F)C(=NC)/C(=C(\N=C)N4CC5CCC(C4)N5C(=O)OC(C)(C)C)C=N3)c12.CO.COCC1CCC2CCCN21.Cn1c(=O)n(C2CCC(=O)NC2=O)c2ccc(CN3CC(OC4CCN(C=O)CC4)C3)cc21. The summed E-state index contributed by atoms with van der Waals surface area (Å²) < 4.78 is 50.8. The number of terminal acetylenes is 1. The molecule has 2 bridgehead atoms. The standard InChI is InChI=1S/C31H31F2N5O2.C23H29N5O5.C9H17NO.CH4O/c1-7-21-24(32)14-11-18-9-8-10-22(25(18)21)28-26(33)27(34-5)23(15-36-28)29(35-6)37-16-19-12-13-20(17-37)38(19)30(39)40-31(2,3)4;1-25-20-10-15(11-27-12-17(13-27)33-16-6-8-26(14-29)9-7-16)2-3-18(20)28(23(25)32)19-4-5-21(30)24-22(19)31;1-11-7-9-5-4-8-3-2-6-10(8)9;1-2/h1,8-11,14-15,19-20H,6,12-13,16-17H2,2-5H3;2-3,10,14,16-17,19H,4-9,11-13H2,1H3,(H,24,30,31);8-9H,2-7H2,1H3;2H,1H3/b29-23+,34-27?;;;. The number of piperidine rings is 2. The van der Waals surface area contributed by atoms with Crippen molar-refractivity contribution in [2.45, 2.75) is 140 Å². The van der Waals surface area contributed by atoms with Gasteiger partial charge in [0.15, 0.2) is 5.83 Å². The first-order chi connectivity index (χ1) is 41.4. The third-order valence-electron chi connectivity index (χ3n) is 17.5. The number of piperazine rings is 1. The van der Waals surface area contributed by atoms with E-state index in [1.54, 1.807) is 40.8 Å². The van der Waals surface area contributed by atoms with Crippen molar-refractivity contribution in [1.82, 2.24) is 39.0 Å². The molecule has 5 atom stereocenters. The van der Waals surface area contributed by atoms with Crippen LogP contribution < -0.4 is 11.0 Å². The van der Waals surface area contributed by atoms with Crippen molar-refractivity contribution in [3.63, 3.8) is 0 Å². The highest BCUT2D eigenvalue weighted by atomic mass is 19.1. The van der Waals surface area contributed by atoms with E-state index in [-0.39, 0.29) is 65.4 Å². The van der Waals surface area contributed by atoms with Crippen molar-refractivity contribution in [3.05, 3.63) is 98.7 Å². The van der Waals surface area contributed by atoms with E-state index in [2.05, 4.69) is 42.7 Å². The Morgan fingerprint density at radius 2 is 1.64 bits per heavy atom. The zero-order valence-electron chi connectivity index (χ0n) is 50.5. The average Bonchev–Trinajstić information content (AvgIpc) is 1.87. The van der Waals surface area contributed by atoms with E-state index >= 15 is 4.39 Å². The Balaban J connectivity index is 0.000000172.